The molecular weight excluding hydrogens is 246 g/mol. The van der Waals surface area contributed by atoms with E-state index in [1.54, 1.807) is 13.8 Å². The van der Waals surface area contributed by atoms with Gasteiger partial charge < -0.3 is 0 Å². The number of hydrogen-bond donors (Lipinski definition) is 2. The molecule has 13 heavy (non-hydrogen) atoms. The molecular formula is C6H16O4P2Ti. The summed E-state index contributed by atoms with van der Waals surface area (Å²) in [5.74, 6) is 0. The molecule has 0 aliphatic heterocycles. The molecule has 0 aliphatic carbocycles. The monoisotopic (exact) mass is 262 g/mol. The van der Waals surface area contributed by atoms with Crippen molar-refractivity contribution in [2.45, 2.75) is 28.7 Å². The second kappa shape index (κ2) is 6.45. The van der Waals surface area contributed by atoms with E-state index in [1.165, 1.54) is 0 Å². The van der Waals surface area contributed by atoms with Gasteiger partial charge in [0.15, 0.2) is 0 Å². The SMILES string of the molecule is C[CH]=[Ti]([CH](C)[PH](=O)O)[CH](C)[PH](=O)O. The first-order valence-corrected chi connectivity index (χ1v) is 9.60. The Hall–Kier alpha value is 0.964. The molecule has 0 aliphatic rings. The zero-order valence-electron chi connectivity index (χ0n) is 7.94. The molecule has 7 heteroatoms. The summed E-state index contributed by atoms with van der Waals surface area (Å²) in [6.45, 7) is 5.23. The molecule has 0 fully saturated rings. The van der Waals surface area contributed by atoms with E-state index in [0.717, 1.165) is 0 Å². The summed E-state index contributed by atoms with van der Waals surface area (Å²) in [5.41, 5.74) is 0. The molecule has 0 saturated carbocycles. The van der Waals surface area contributed by atoms with Crippen molar-refractivity contribution >= 4 is 20.4 Å². The fourth-order valence-corrected chi connectivity index (χ4v) is 11.3. The minimum absolute atomic E-state index is 0.258. The van der Waals surface area contributed by atoms with Gasteiger partial charge in [0, 0.05) is 0 Å². The number of hydrogen-bond acceptors (Lipinski definition) is 2. The van der Waals surface area contributed by atoms with Crippen molar-refractivity contribution in [3.63, 3.8) is 0 Å². The predicted molar refractivity (Wildman–Crippen MR) is 53.1 cm³/mol. The molecule has 0 aromatic carbocycles. The van der Waals surface area contributed by atoms with Gasteiger partial charge in [0.25, 0.3) is 0 Å². The first kappa shape index (κ1) is 14.0. The molecule has 4 nitrogen and oxygen atoms in total. The Morgan fingerprint density at radius 1 is 1.15 bits per heavy atom. The zero-order valence-corrected chi connectivity index (χ0v) is 11.5. The standard InChI is InChI=1S/2C2H6O2P.C2H4.Ti/c2*1-2-5(3)4;1-2;/h2*2,5H,1H3,(H,3,4);1H,2H3;. The van der Waals surface area contributed by atoms with Gasteiger partial charge in [-0.3, -0.25) is 0 Å². The molecule has 0 rings (SSSR count). The summed E-state index contributed by atoms with van der Waals surface area (Å²) in [4.78, 5) is 17.9. The van der Waals surface area contributed by atoms with Crippen LogP contribution in [0.1, 0.15) is 20.8 Å². The van der Waals surface area contributed by atoms with Gasteiger partial charge >= 0.3 is 85.4 Å². The van der Waals surface area contributed by atoms with E-state index in [4.69, 9.17) is 9.79 Å². The van der Waals surface area contributed by atoms with Gasteiger partial charge in [-0.15, -0.1) is 0 Å². The Morgan fingerprint density at radius 3 is 1.62 bits per heavy atom. The van der Waals surface area contributed by atoms with E-state index < -0.39 is 33.5 Å². The van der Waals surface area contributed by atoms with Crippen LogP contribution in [0, 0.1) is 0 Å². The van der Waals surface area contributed by atoms with Crippen molar-refractivity contribution in [2.24, 2.45) is 0 Å². The average molecular weight is 262 g/mol. The summed E-state index contributed by atoms with van der Waals surface area (Å²) in [6, 6.07) is 0. The second-order valence-corrected chi connectivity index (χ2v) is 13.0. The van der Waals surface area contributed by atoms with E-state index in [9.17, 15) is 9.13 Å². The zero-order chi connectivity index (χ0) is 10.6. The normalized spacial score (nSPS) is 20.1. The first-order valence-electron chi connectivity index (χ1n) is 4.03. The summed E-state index contributed by atoms with van der Waals surface area (Å²) >= 11 is -1.96. The van der Waals surface area contributed by atoms with Crippen LogP contribution in [-0.4, -0.2) is 22.0 Å². The van der Waals surface area contributed by atoms with E-state index in [-0.39, 0.29) is 7.93 Å². The van der Waals surface area contributed by atoms with Gasteiger partial charge in [-0.2, -0.15) is 0 Å². The van der Waals surface area contributed by atoms with Crippen LogP contribution in [0.2, 0.25) is 0 Å². The van der Waals surface area contributed by atoms with E-state index in [1.807, 2.05) is 11.2 Å². The molecule has 4 unspecified atom stereocenters. The van der Waals surface area contributed by atoms with Crippen molar-refractivity contribution in [2.75, 3.05) is 0 Å². The Bertz CT molecular complexity index is 231. The van der Waals surface area contributed by atoms with E-state index >= 15 is 0 Å². The van der Waals surface area contributed by atoms with Gasteiger partial charge in [0.05, 0.1) is 0 Å². The Balaban J connectivity index is 4.72. The van der Waals surface area contributed by atoms with E-state index in [2.05, 4.69) is 0 Å². The number of rotatable bonds is 4. The molecule has 0 amide bonds. The third kappa shape index (κ3) is 4.33. The summed E-state index contributed by atoms with van der Waals surface area (Å²) in [7, 11) is -5.08. The fraction of sp³-hybridized carbons (Fsp3) is 0.833. The van der Waals surface area contributed by atoms with Gasteiger partial charge in [0.2, 0.25) is 0 Å². The van der Waals surface area contributed by atoms with Gasteiger partial charge in [-0.1, -0.05) is 0 Å². The summed E-state index contributed by atoms with van der Waals surface area (Å²) in [6.07, 6.45) is 0. The van der Waals surface area contributed by atoms with Crippen molar-refractivity contribution in [3.8, 4) is 0 Å². The fourth-order valence-electron chi connectivity index (χ4n) is 1.16. The Morgan fingerprint density at radius 2 is 1.46 bits per heavy atom. The van der Waals surface area contributed by atoms with Crippen LogP contribution in [0.5, 0.6) is 0 Å². The van der Waals surface area contributed by atoms with Crippen LogP contribution < -0.4 is 0 Å². The van der Waals surface area contributed by atoms with Crippen LogP contribution in [0.15, 0.2) is 0 Å². The van der Waals surface area contributed by atoms with Crippen LogP contribution in [0.3, 0.4) is 0 Å². The van der Waals surface area contributed by atoms with Gasteiger partial charge in [0.1, 0.15) is 0 Å². The second-order valence-electron chi connectivity index (χ2n) is 2.91. The van der Waals surface area contributed by atoms with Crippen molar-refractivity contribution in [1.29, 1.82) is 0 Å². The minimum atomic E-state index is -2.54. The van der Waals surface area contributed by atoms with Crippen molar-refractivity contribution in [1.82, 2.24) is 0 Å². The topological polar surface area (TPSA) is 74.6 Å². The first-order chi connectivity index (χ1) is 5.91. The van der Waals surface area contributed by atoms with Gasteiger partial charge in [-0.25, -0.2) is 0 Å². The molecule has 0 radical (unpaired) electrons. The van der Waals surface area contributed by atoms with Gasteiger partial charge in [-0.05, 0) is 0 Å². The predicted octanol–water partition coefficient (Wildman–Crippen LogP) is 1.05. The van der Waals surface area contributed by atoms with Crippen LogP contribution >= 0.6 is 16.1 Å². The van der Waals surface area contributed by atoms with Crippen LogP contribution in [0.4, 0.5) is 0 Å². The Labute approximate surface area is 85.4 Å². The average Bonchev–Trinajstić information content (AvgIpc) is 2.04. The molecule has 0 aromatic rings. The van der Waals surface area contributed by atoms with Crippen LogP contribution in [0.25, 0.3) is 0 Å². The van der Waals surface area contributed by atoms with Crippen molar-refractivity contribution in [3.05, 3.63) is 0 Å². The molecule has 4 atom stereocenters. The third-order valence-corrected chi connectivity index (χ3v) is 12.8. The molecule has 0 bridgehead atoms. The quantitative estimate of drug-likeness (QED) is 0.586. The molecule has 0 spiro atoms. The molecule has 2 N–H and O–H groups in total. The third-order valence-electron chi connectivity index (χ3n) is 2.07. The summed E-state index contributed by atoms with van der Waals surface area (Å²) < 4.78 is 23.1. The maximum atomic E-state index is 10.9. The van der Waals surface area contributed by atoms with Crippen LogP contribution in [-0.2, 0) is 26.5 Å². The molecule has 0 saturated heterocycles. The maximum absolute atomic E-state index is 10.9. The summed E-state index contributed by atoms with van der Waals surface area (Å²) in [5, 5.41) is 0. The Kier molecular flexibility index (Phi) is 6.93. The van der Waals surface area contributed by atoms with E-state index in [0.29, 0.717) is 0 Å². The molecule has 0 aromatic heterocycles. The molecule has 78 valence electrons. The molecule has 0 heterocycles. The van der Waals surface area contributed by atoms with Crippen molar-refractivity contribution < 1.29 is 36.3 Å².